The molecule has 0 saturated carbocycles. The molecule has 3 rings (SSSR count). The highest BCUT2D eigenvalue weighted by molar-refractivity contribution is 5.85. The Bertz CT molecular complexity index is 901. The first-order valence-corrected chi connectivity index (χ1v) is 8.90. The molecule has 0 spiro atoms. The van der Waals surface area contributed by atoms with Gasteiger partial charge >= 0.3 is 6.18 Å². The van der Waals surface area contributed by atoms with Crippen LogP contribution in [0.25, 0.3) is 11.1 Å². The average molecular weight is 470 g/mol. The zero-order valence-electron chi connectivity index (χ0n) is 16.0. The van der Waals surface area contributed by atoms with Crippen molar-refractivity contribution in [2.24, 2.45) is 0 Å². The van der Waals surface area contributed by atoms with Crippen LogP contribution in [0.5, 0.6) is 0 Å². The second kappa shape index (κ2) is 9.77. The van der Waals surface area contributed by atoms with Gasteiger partial charge in [-0.1, -0.05) is 0 Å². The van der Waals surface area contributed by atoms with Gasteiger partial charge in [-0.15, -0.1) is 12.4 Å². The number of carbonyl (C=O) groups excluding carboxylic acids is 1. The van der Waals surface area contributed by atoms with E-state index in [1.165, 1.54) is 6.07 Å². The number of pyridine rings is 1. The number of aromatic nitrogens is 3. The van der Waals surface area contributed by atoms with Crippen LogP contribution in [0.15, 0.2) is 24.7 Å². The van der Waals surface area contributed by atoms with Crippen LogP contribution < -0.4 is 10.6 Å². The van der Waals surface area contributed by atoms with Gasteiger partial charge in [0.25, 0.3) is 6.43 Å². The van der Waals surface area contributed by atoms with Crippen LogP contribution in [0, 0.1) is 0 Å². The molecule has 0 bridgehead atoms. The number of hydrogen-bond acceptors (Lipinski definition) is 5. The van der Waals surface area contributed by atoms with Crippen molar-refractivity contribution in [1.82, 2.24) is 25.6 Å². The van der Waals surface area contributed by atoms with Crippen molar-refractivity contribution in [3.05, 3.63) is 41.7 Å². The van der Waals surface area contributed by atoms with Crippen molar-refractivity contribution in [1.29, 1.82) is 0 Å². The minimum absolute atomic E-state index is 0. The first-order valence-electron chi connectivity index (χ1n) is 8.90. The van der Waals surface area contributed by atoms with E-state index in [9.17, 15) is 31.1 Å². The number of nitrogens with one attached hydrogen (secondary N) is 2. The molecule has 0 radical (unpaired) electrons. The van der Waals surface area contributed by atoms with Crippen LogP contribution in [0.2, 0.25) is 0 Å². The normalized spacial score (nSPS) is 21.1. The molecule has 3 atom stereocenters. The molecule has 3 unspecified atom stereocenters. The standard InChI is InChI=1S/C18H17F6N5O.ClH/c1-8-12(19)3-13(29-8)16(30)26-5-10-2-9(4-25-14(10)15(20)21)11-6-27-17(28-7-11)18(22,23)24;/h2,4,6-8,12-13,15,29H,3,5H2,1H3,(H,26,30);1H. The van der Waals surface area contributed by atoms with Gasteiger partial charge in [0.15, 0.2) is 0 Å². The van der Waals surface area contributed by atoms with Gasteiger partial charge in [0, 0.05) is 48.7 Å². The van der Waals surface area contributed by atoms with Crippen LogP contribution in [0.3, 0.4) is 0 Å². The van der Waals surface area contributed by atoms with E-state index in [1.807, 2.05) is 0 Å². The monoisotopic (exact) mass is 469 g/mol. The maximum atomic E-state index is 13.6. The highest BCUT2D eigenvalue weighted by Crippen LogP contribution is 2.29. The summed E-state index contributed by atoms with van der Waals surface area (Å²) < 4.78 is 77.9. The molecular formula is C18H18ClF6N5O. The highest BCUT2D eigenvalue weighted by Gasteiger charge is 2.35. The molecule has 1 amide bonds. The molecule has 170 valence electrons. The Kier molecular flexibility index (Phi) is 7.82. The molecule has 13 heteroatoms. The number of hydrogen-bond donors (Lipinski definition) is 2. The van der Waals surface area contributed by atoms with Crippen molar-refractivity contribution >= 4 is 18.3 Å². The fraction of sp³-hybridized carbons (Fsp3) is 0.444. The third-order valence-electron chi connectivity index (χ3n) is 4.68. The smallest absolute Gasteiger partial charge is 0.351 e. The fourth-order valence-corrected chi connectivity index (χ4v) is 3.05. The summed E-state index contributed by atoms with van der Waals surface area (Å²) in [6.45, 7) is 1.27. The number of halogens is 7. The minimum atomic E-state index is -4.71. The van der Waals surface area contributed by atoms with Gasteiger partial charge in [-0.05, 0) is 18.6 Å². The van der Waals surface area contributed by atoms with Crippen LogP contribution >= 0.6 is 12.4 Å². The second-order valence-electron chi connectivity index (χ2n) is 6.84. The summed E-state index contributed by atoms with van der Waals surface area (Å²) >= 11 is 0. The lowest BCUT2D eigenvalue weighted by atomic mass is 10.1. The van der Waals surface area contributed by atoms with Gasteiger partial charge in [0.1, 0.15) is 11.9 Å². The zero-order valence-corrected chi connectivity index (χ0v) is 16.8. The van der Waals surface area contributed by atoms with E-state index >= 15 is 0 Å². The van der Waals surface area contributed by atoms with Crippen molar-refractivity contribution in [3.8, 4) is 11.1 Å². The molecule has 2 N–H and O–H groups in total. The van der Waals surface area contributed by atoms with E-state index in [4.69, 9.17) is 0 Å². The van der Waals surface area contributed by atoms with E-state index in [0.717, 1.165) is 18.6 Å². The number of carbonyl (C=O) groups is 1. The first-order chi connectivity index (χ1) is 14.1. The minimum Gasteiger partial charge on any atom is -0.351 e. The van der Waals surface area contributed by atoms with E-state index in [1.54, 1.807) is 6.92 Å². The topological polar surface area (TPSA) is 79.8 Å². The lowest BCUT2D eigenvalue weighted by molar-refractivity contribution is -0.145. The van der Waals surface area contributed by atoms with Crippen LogP contribution in [-0.4, -0.2) is 39.1 Å². The van der Waals surface area contributed by atoms with Crippen molar-refractivity contribution < 1.29 is 31.1 Å². The third kappa shape index (κ3) is 5.82. The predicted molar refractivity (Wildman–Crippen MR) is 100 cm³/mol. The van der Waals surface area contributed by atoms with Crippen molar-refractivity contribution in [2.45, 2.75) is 50.7 Å². The lowest BCUT2D eigenvalue weighted by Gasteiger charge is -2.14. The number of amides is 1. The fourth-order valence-electron chi connectivity index (χ4n) is 3.05. The van der Waals surface area contributed by atoms with E-state index in [2.05, 4.69) is 25.6 Å². The molecule has 1 aliphatic heterocycles. The van der Waals surface area contributed by atoms with E-state index < -0.39 is 48.3 Å². The molecule has 1 saturated heterocycles. The van der Waals surface area contributed by atoms with Crippen molar-refractivity contribution in [3.63, 3.8) is 0 Å². The summed E-state index contributed by atoms with van der Waals surface area (Å²) in [7, 11) is 0. The largest absolute Gasteiger partial charge is 0.451 e. The van der Waals surface area contributed by atoms with Gasteiger partial charge in [-0.3, -0.25) is 9.78 Å². The lowest BCUT2D eigenvalue weighted by Crippen LogP contribution is -2.42. The maximum Gasteiger partial charge on any atom is 0.451 e. The number of rotatable bonds is 5. The molecule has 1 aliphatic rings. The Morgan fingerprint density at radius 1 is 1.19 bits per heavy atom. The molecule has 6 nitrogen and oxygen atoms in total. The molecule has 3 heterocycles. The molecule has 0 aromatic carbocycles. The molecular weight excluding hydrogens is 452 g/mol. The van der Waals surface area contributed by atoms with Gasteiger partial charge in [-0.25, -0.2) is 23.1 Å². The molecule has 2 aromatic rings. The van der Waals surface area contributed by atoms with E-state index in [-0.39, 0.29) is 42.1 Å². The summed E-state index contributed by atoms with van der Waals surface area (Å²) in [5, 5.41) is 5.24. The highest BCUT2D eigenvalue weighted by atomic mass is 35.5. The number of nitrogens with zero attached hydrogens (tertiary/aromatic N) is 3. The second-order valence-corrected chi connectivity index (χ2v) is 6.84. The summed E-state index contributed by atoms with van der Waals surface area (Å²) in [5.74, 6) is -1.88. The zero-order chi connectivity index (χ0) is 22.1. The first kappa shape index (κ1) is 24.8. The molecule has 1 fully saturated rings. The Balaban J connectivity index is 0.00000341. The van der Waals surface area contributed by atoms with Crippen LogP contribution in [0.1, 0.15) is 36.9 Å². The summed E-state index contributed by atoms with van der Waals surface area (Å²) in [6.07, 6.45) is -6.00. The Hall–Kier alpha value is -2.47. The summed E-state index contributed by atoms with van der Waals surface area (Å²) in [5.41, 5.74) is -0.272. The van der Waals surface area contributed by atoms with Gasteiger partial charge < -0.3 is 10.6 Å². The average Bonchev–Trinajstić information content (AvgIpc) is 3.04. The SMILES string of the molecule is CC1NC(C(=O)NCc2cc(-c3cnc(C(F)(F)F)nc3)cnc2C(F)F)CC1F.Cl. The molecule has 31 heavy (non-hydrogen) atoms. The van der Waals surface area contributed by atoms with Crippen molar-refractivity contribution in [2.75, 3.05) is 0 Å². The van der Waals surface area contributed by atoms with Crippen LogP contribution in [0.4, 0.5) is 26.3 Å². The van der Waals surface area contributed by atoms with E-state index in [0.29, 0.717) is 0 Å². The van der Waals surface area contributed by atoms with Gasteiger partial charge in [-0.2, -0.15) is 13.2 Å². The Morgan fingerprint density at radius 2 is 1.81 bits per heavy atom. The molecule has 0 aliphatic carbocycles. The summed E-state index contributed by atoms with van der Waals surface area (Å²) in [4.78, 5) is 22.3. The van der Waals surface area contributed by atoms with Crippen LogP contribution in [-0.2, 0) is 17.5 Å². The third-order valence-corrected chi connectivity index (χ3v) is 4.68. The quantitative estimate of drug-likeness (QED) is 0.654. The predicted octanol–water partition coefficient (Wildman–Crippen LogP) is 3.62. The molecule has 2 aromatic heterocycles. The van der Waals surface area contributed by atoms with Gasteiger partial charge in [0.2, 0.25) is 11.7 Å². The summed E-state index contributed by atoms with van der Waals surface area (Å²) in [6, 6.07) is -0.0184. The Morgan fingerprint density at radius 3 is 2.32 bits per heavy atom. The van der Waals surface area contributed by atoms with Gasteiger partial charge in [0.05, 0.1) is 6.04 Å². The maximum absolute atomic E-state index is 13.6. The number of alkyl halides is 6. The Labute approximate surface area is 179 Å².